The molecular formula is C20H21N5O2. The van der Waals surface area contributed by atoms with Crippen molar-refractivity contribution >= 4 is 11.7 Å². The van der Waals surface area contributed by atoms with E-state index in [0.29, 0.717) is 18.7 Å². The number of carbonyl (C=O) groups excluding carboxylic acids is 1. The van der Waals surface area contributed by atoms with E-state index in [1.807, 2.05) is 36.4 Å². The average Bonchev–Trinajstić information content (AvgIpc) is 3.27. The van der Waals surface area contributed by atoms with Gasteiger partial charge in [-0.25, -0.2) is 4.79 Å². The van der Waals surface area contributed by atoms with E-state index in [4.69, 9.17) is 0 Å². The molecule has 0 saturated carbocycles. The summed E-state index contributed by atoms with van der Waals surface area (Å²) in [4.78, 5) is 12.1. The van der Waals surface area contributed by atoms with Gasteiger partial charge in [-0.05, 0) is 42.7 Å². The lowest BCUT2D eigenvalue weighted by Crippen LogP contribution is -2.30. The third-order valence-corrected chi connectivity index (χ3v) is 4.62. The highest BCUT2D eigenvalue weighted by atomic mass is 16.3. The number of benzene rings is 2. The Morgan fingerprint density at radius 2 is 2.00 bits per heavy atom. The number of nitrogens with one attached hydrogen (secondary N) is 2. The largest absolute Gasteiger partial charge is 0.508 e. The van der Waals surface area contributed by atoms with Crippen molar-refractivity contribution < 1.29 is 9.90 Å². The molecule has 1 aliphatic rings. The Bertz CT molecular complexity index is 949. The van der Waals surface area contributed by atoms with Crippen LogP contribution in [0.5, 0.6) is 5.75 Å². The quantitative estimate of drug-likeness (QED) is 0.650. The number of aromatic hydroxyl groups is 1. The van der Waals surface area contributed by atoms with Gasteiger partial charge in [-0.2, -0.15) is 0 Å². The Morgan fingerprint density at radius 3 is 2.85 bits per heavy atom. The van der Waals surface area contributed by atoms with Crippen LogP contribution in [0.25, 0.3) is 11.4 Å². The predicted octanol–water partition coefficient (Wildman–Crippen LogP) is 2.96. The summed E-state index contributed by atoms with van der Waals surface area (Å²) < 4.78 is 2.14. The molecule has 138 valence electrons. The van der Waals surface area contributed by atoms with E-state index in [1.165, 1.54) is 0 Å². The van der Waals surface area contributed by atoms with Crippen molar-refractivity contribution in [2.45, 2.75) is 25.8 Å². The van der Waals surface area contributed by atoms with Gasteiger partial charge < -0.3 is 20.3 Å². The number of urea groups is 1. The molecule has 1 aliphatic heterocycles. The van der Waals surface area contributed by atoms with Crippen molar-refractivity contribution in [3.63, 3.8) is 0 Å². The monoisotopic (exact) mass is 363 g/mol. The summed E-state index contributed by atoms with van der Waals surface area (Å²) in [5.41, 5.74) is 2.71. The predicted molar refractivity (Wildman–Crippen MR) is 103 cm³/mol. The molecule has 0 radical (unpaired) electrons. The molecule has 0 bridgehead atoms. The molecule has 0 saturated heterocycles. The number of anilines is 1. The van der Waals surface area contributed by atoms with Gasteiger partial charge in [0, 0.05) is 30.8 Å². The molecule has 27 heavy (non-hydrogen) atoms. The maximum Gasteiger partial charge on any atom is 0.319 e. The number of phenols is 1. The Hall–Kier alpha value is -3.35. The molecule has 0 unspecified atom stereocenters. The second kappa shape index (κ2) is 7.49. The minimum atomic E-state index is -0.252. The first-order valence-corrected chi connectivity index (χ1v) is 9.04. The zero-order chi connectivity index (χ0) is 18.6. The van der Waals surface area contributed by atoms with Crippen molar-refractivity contribution in [1.29, 1.82) is 0 Å². The molecule has 7 nitrogen and oxygen atoms in total. The molecular weight excluding hydrogens is 342 g/mol. The fourth-order valence-electron chi connectivity index (χ4n) is 3.26. The van der Waals surface area contributed by atoms with E-state index in [1.54, 1.807) is 12.1 Å². The third-order valence-electron chi connectivity index (χ3n) is 4.62. The summed E-state index contributed by atoms with van der Waals surface area (Å²) >= 11 is 0. The van der Waals surface area contributed by atoms with Gasteiger partial charge in [0.05, 0.1) is 0 Å². The number of aromatic nitrogens is 3. The zero-order valence-electron chi connectivity index (χ0n) is 14.9. The highest BCUT2D eigenvalue weighted by Crippen LogP contribution is 2.25. The maximum atomic E-state index is 12.1. The minimum Gasteiger partial charge on any atom is -0.508 e. The Labute approximate surface area is 157 Å². The lowest BCUT2D eigenvalue weighted by Gasteiger charge is -2.09. The van der Waals surface area contributed by atoms with E-state index < -0.39 is 0 Å². The molecule has 2 heterocycles. The summed E-state index contributed by atoms with van der Waals surface area (Å²) in [6.07, 6.45) is 2.76. The highest BCUT2D eigenvalue weighted by Gasteiger charge is 2.18. The number of phenolic OH excluding ortho intramolecular Hbond substituents is 1. The van der Waals surface area contributed by atoms with Gasteiger partial charge >= 0.3 is 6.03 Å². The molecule has 2 amide bonds. The number of amides is 2. The van der Waals surface area contributed by atoms with Crippen LogP contribution in [-0.2, 0) is 19.4 Å². The van der Waals surface area contributed by atoms with Crippen LogP contribution in [0.2, 0.25) is 0 Å². The van der Waals surface area contributed by atoms with Crippen LogP contribution in [0.15, 0.2) is 48.5 Å². The summed E-state index contributed by atoms with van der Waals surface area (Å²) in [5.74, 6) is 2.11. The minimum absolute atomic E-state index is 0.239. The Balaban J connectivity index is 1.35. The first-order chi connectivity index (χ1) is 13.2. The fraction of sp³-hybridized carbons (Fsp3) is 0.250. The van der Waals surface area contributed by atoms with Crippen LogP contribution in [0, 0.1) is 0 Å². The summed E-state index contributed by atoms with van der Waals surface area (Å²) in [6, 6.07) is 14.4. The van der Waals surface area contributed by atoms with E-state index in [2.05, 4.69) is 25.4 Å². The zero-order valence-corrected chi connectivity index (χ0v) is 14.9. The van der Waals surface area contributed by atoms with Crippen LogP contribution < -0.4 is 10.6 Å². The Morgan fingerprint density at radius 1 is 1.15 bits per heavy atom. The molecule has 0 atom stereocenters. The number of nitrogens with zero attached hydrogens (tertiary/aromatic N) is 3. The summed E-state index contributed by atoms with van der Waals surface area (Å²) in [6.45, 7) is 1.45. The third kappa shape index (κ3) is 3.92. The molecule has 3 N–H and O–H groups in total. The van der Waals surface area contributed by atoms with Gasteiger partial charge in [-0.1, -0.05) is 24.3 Å². The Kier molecular flexibility index (Phi) is 4.74. The SMILES string of the molecule is O=C(NCCc1ccc(O)cc1)Nc1cccc(-c2nnc3n2CCC3)c1. The van der Waals surface area contributed by atoms with Gasteiger partial charge in [-0.3, -0.25) is 0 Å². The fourth-order valence-corrected chi connectivity index (χ4v) is 3.26. The van der Waals surface area contributed by atoms with Crippen molar-refractivity contribution in [3.8, 4) is 17.1 Å². The number of rotatable bonds is 5. The first kappa shape index (κ1) is 17.1. The van der Waals surface area contributed by atoms with Gasteiger partial charge in [-0.15, -0.1) is 10.2 Å². The summed E-state index contributed by atoms with van der Waals surface area (Å²) in [5, 5.41) is 23.5. The second-order valence-corrected chi connectivity index (χ2v) is 6.57. The maximum absolute atomic E-state index is 12.1. The number of aryl methyl sites for hydroxylation is 1. The van der Waals surface area contributed by atoms with E-state index in [9.17, 15) is 9.90 Å². The van der Waals surface area contributed by atoms with Crippen LogP contribution in [0.4, 0.5) is 10.5 Å². The molecule has 1 aromatic heterocycles. The van der Waals surface area contributed by atoms with Crippen LogP contribution in [-0.4, -0.2) is 32.4 Å². The van der Waals surface area contributed by atoms with Crippen molar-refractivity contribution in [2.75, 3.05) is 11.9 Å². The van der Waals surface area contributed by atoms with E-state index >= 15 is 0 Å². The number of hydrogen-bond acceptors (Lipinski definition) is 4. The van der Waals surface area contributed by atoms with Crippen molar-refractivity contribution in [3.05, 3.63) is 59.9 Å². The molecule has 0 spiro atoms. The number of carbonyl (C=O) groups is 1. The van der Waals surface area contributed by atoms with Gasteiger partial charge in [0.1, 0.15) is 11.6 Å². The van der Waals surface area contributed by atoms with Gasteiger partial charge in [0.2, 0.25) is 0 Å². The second-order valence-electron chi connectivity index (χ2n) is 6.57. The smallest absolute Gasteiger partial charge is 0.319 e. The van der Waals surface area contributed by atoms with Crippen LogP contribution in [0.1, 0.15) is 17.8 Å². The van der Waals surface area contributed by atoms with Gasteiger partial charge in [0.15, 0.2) is 5.82 Å². The summed E-state index contributed by atoms with van der Waals surface area (Å²) in [7, 11) is 0. The van der Waals surface area contributed by atoms with Gasteiger partial charge in [0.25, 0.3) is 0 Å². The first-order valence-electron chi connectivity index (χ1n) is 9.04. The van der Waals surface area contributed by atoms with Crippen LogP contribution in [0.3, 0.4) is 0 Å². The van der Waals surface area contributed by atoms with Crippen molar-refractivity contribution in [1.82, 2.24) is 20.1 Å². The molecule has 0 fully saturated rings. The lowest BCUT2D eigenvalue weighted by atomic mass is 10.1. The number of fused-ring (bicyclic) bond motifs is 1. The van der Waals surface area contributed by atoms with Crippen LogP contribution >= 0.6 is 0 Å². The average molecular weight is 363 g/mol. The normalized spacial score (nSPS) is 12.6. The van der Waals surface area contributed by atoms with Crippen molar-refractivity contribution in [2.24, 2.45) is 0 Å². The molecule has 7 heteroatoms. The number of hydrogen-bond donors (Lipinski definition) is 3. The van der Waals surface area contributed by atoms with E-state index in [0.717, 1.165) is 42.2 Å². The molecule has 4 rings (SSSR count). The lowest BCUT2D eigenvalue weighted by molar-refractivity contribution is 0.252. The molecule has 2 aromatic carbocycles. The molecule has 3 aromatic rings. The topological polar surface area (TPSA) is 92.1 Å². The van der Waals surface area contributed by atoms with E-state index in [-0.39, 0.29) is 11.8 Å². The molecule has 0 aliphatic carbocycles. The highest BCUT2D eigenvalue weighted by molar-refractivity contribution is 5.89. The standard InChI is InChI=1S/C20H21N5O2/c26-17-8-6-14(7-9-17)10-11-21-20(27)22-16-4-1-3-15(13-16)19-24-23-18-5-2-12-25(18)19/h1,3-4,6-9,13,26H,2,5,10-12H2,(H2,21,22,27).